The summed E-state index contributed by atoms with van der Waals surface area (Å²) in [4.78, 5) is 0. The highest BCUT2D eigenvalue weighted by Gasteiger charge is 2.35. The van der Waals surface area contributed by atoms with Crippen molar-refractivity contribution in [2.75, 3.05) is 0 Å². The summed E-state index contributed by atoms with van der Waals surface area (Å²) in [5, 5.41) is 0. The largest absolute Gasteiger partial charge is 0.0622 e. The minimum absolute atomic E-state index is 0.784. The summed E-state index contributed by atoms with van der Waals surface area (Å²) in [5.74, 6) is 14.2. The Kier molecular flexibility index (Phi) is 15.9. The van der Waals surface area contributed by atoms with Crippen molar-refractivity contribution in [2.45, 2.75) is 150 Å². The fourth-order valence-corrected chi connectivity index (χ4v) is 9.17. The molecule has 1 saturated carbocycles. The molecule has 0 spiro atoms. The van der Waals surface area contributed by atoms with Gasteiger partial charge in [-0.2, -0.15) is 0 Å². The van der Waals surface area contributed by atoms with Crippen LogP contribution in [0.1, 0.15) is 150 Å². The van der Waals surface area contributed by atoms with E-state index in [9.17, 15) is 0 Å². The third-order valence-electron chi connectivity index (χ3n) is 15.1. The highest BCUT2D eigenvalue weighted by atomic mass is 14.4. The molecule has 1 aliphatic rings. The number of rotatable bonds is 0. The lowest BCUT2D eigenvalue weighted by atomic mass is 9.65. The van der Waals surface area contributed by atoms with Crippen molar-refractivity contribution in [1.29, 1.82) is 0 Å². The van der Waals surface area contributed by atoms with E-state index in [4.69, 9.17) is 0 Å². The highest BCUT2D eigenvalue weighted by molar-refractivity contribution is 4.84. The summed E-state index contributed by atoms with van der Waals surface area (Å²) in [6.45, 7) is 46.2. The van der Waals surface area contributed by atoms with Gasteiger partial charge in [0.05, 0.1) is 0 Å². The van der Waals surface area contributed by atoms with Crippen LogP contribution in [0.5, 0.6) is 0 Å². The topological polar surface area (TPSA) is 0 Å². The van der Waals surface area contributed by atoms with Crippen LogP contribution >= 0.6 is 0 Å². The monoisotopic (exact) mass is 561 g/mol. The molecule has 0 amide bonds. The van der Waals surface area contributed by atoms with E-state index in [1.54, 1.807) is 0 Å². The molecule has 0 nitrogen and oxygen atoms in total. The smallest absolute Gasteiger partial charge is 0.0386 e. The number of hydrogen-bond acceptors (Lipinski definition) is 0. The zero-order chi connectivity index (χ0) is 31.2. The van der Waals surface area contributed by atoms with Gasteiger partial charge in [-0.15, -0.1) is 0 Å². The van der Waals surface area contributed by atoms with Gasteiger partial charge in [0.25, 0.3) is 0 Å². The van der Waals surface area contributed by atoms with E-state index in [1.165, 1.54) is 25.7 Å². The van der Waals surface area contributed by atoms with Gasteiger partial charge < -0.3 is 0 Å². The van der Waals surface area contributed by atoms with Gasteiger partial charge in [0.2, 0.25) is 0 Å². The van der Waals surface area contributed by atoms with Gasteiger partial charge >= 0.3 is 0 Å². The van der Waals surface area contributed by atoms with Crippen molar-refractivity contribution in [3.63, 3.8) is 0 Å². The van der Waals surface area contributed by atoms with Gasteiger partial charge in [-0.05, 0) is 132 Å². The molecule has 1 aliphatic carbocycles. The van der Waals surface area contributed by atoms with Crippen molar-refractivity contribution in [2.24, 2.45) is 107 Å². The molecule has 0 aromatic heterocycles. The summed E-state index contributed by atoms with van der Waals surface area (Å²) in [6, 6.07) is 0. The predicted molar refractivity (Wildman–Crippen MR) is 183 cm³/mol. The zero-order valence-electron chi connectivity index (χ0n) is 31.2. The molecule has 0 heterocycles. The summed E-state index contributed by atoms with van der Waals surface area (Å²) in [6.07, 6.45) is 5.52. The Hall–Kier alpha value is 0. The molecule has 0 aliphatic heterocycles. The molecule has 240 valence electrons. The first-order valence-electron chi connectivity index (χ1n) is 18.3. The predicted octanol–water partition coefficient (Wildman–Crippen LogP) is 13.0. The maximum Gasteiger partial charge on any atom is -0.0386 e. The van der Waals surface area contributed by atoms with Crippen LogP contribution < -0.4 is 0 Å². The summed E-state index contributed by atoms with van der Waals surface area (Å²) in [7, 11) is 0. The molecular formula is C40H80. The van der Waals surface area contributed by atoms with E-state index in [0.29, 0.717) is 0 Å². The lowest BCUT2D eigenvalue weighted by Gasteiger charge is -2.40. The van der Waals surface area contributed by atoms with Crippen LogP contribution in [0.15, 0.2) is 0 Å². The third-order valence-corrected chi connectivity index (χ3v) is 15.1. The molecule has 16 atom stereocenters. The van der Waals surface area contributed by atoms with E-state index in [1.807, 2.05) is 0 Å². The Labute approximate surface area is 256 Å². The maximum absolute atomic E-state index is 2.57. The molecule has 0 saturated heterocycles. The average Bonchev–Trinajstić information content (AvgIpc) is 2.91. The van der Waals surface area contributed by atoms with Crippen LogP contribution in [0.4, 0.5) is 0 Å². The van der Waals surface area contributed by atoms with Gasteiger partial charge in [0.1, 0.15) is 0 Å². The molecule has 0 N–H and O–H groups in total. The molecular weight excluding hydrogens is 480 g/mol. The third kappa shape index (κ3) is 10.0. The normalized spacial score (nSPS) is 52.4. The minimum atomic E-state index is 0.784. The first-order valence-corrected chi connectivity index (χ1v) is 18.3. The van der Waals surface area contributed by atoms with E-state index < -0.39 is 0 Å². The minimum Gasteiger partial charge on any atom is -0.0622 e. The first kappa shape index (κ1) is 38.0. The average molecular weight is 561 g/mol. The van der Waals surface area contributed by atoms with Crippen LogP contribution in [-0.4, -0.2) is 0 Å². The fourth-order valence-electron chi connectivity index (χ4n) is 9.17. The van der Waals surface area contributed by atoms with Crippen LogP contribution in [0, 0.1) is 107 Å². The summed E-state index contributed by atoms with van der Waals surface area (Å²) >= 11 is 0. The standard InChI is InChI=1S/C40H80/c1-23-19-27(5)35(13)39(17)36(14)29(7)21-25(3)33(11)34(12)26(4)22-30(8)38(16)40(18)37(15)28(6)20-24(2)32(10)31(23)9/h23-40H,19-22H2,1-18H3. The van der Waals surface area contributed by atoms with Crippen LogP contribution in [0.25, 0.3) is 0 Å². The van der Waals surface area contributed by atoms with Crippen molar-refractivity contribution in [3.05, 3.63) is 0 Å². The lowest BCUT2D eigenvalue weighted by Crippen LogP contribution is -2.32. The Balaban J connectivity index is 3.25. The maximum atomic E-state index is 2.57. The number of hydrogen-bond donors (Lipinski definition) is 0. The van der Waals surface area contributed by atoms with E-state index in [-0.39, 0.29) is 0 Å². The highest BCUT2D eigenvalue weighted by Crippen LogP contribution is 2.43. The molecule has 1 fully saturated rings. The van der Waals surface area contributed by atoms with Gasteiger partial charge in [0, 0.05) is 0 Å². The second-order valence-corrected chi connectivity index (χ2v) is 17.4. The van der Waals surface area contributed by atoms with E-state index in [2.05, 4.69) is 125 Å². The van der Waals surface area contributed by atoms with E-state index >= 15 is 0 Å². The van der Waals surface area contributed by atoms with Crippen molar-refractivity contribution in [1.82, 2.24) is 0 Å². The van der Waals surface area contributed by atoms with Gasteiger partial charge in [-0.25, -0.2) is 0 Å². The van der Waals surface area contributed by atoms with Crippen molar-refractivity contribution < 1.29 is 0 Å². The Morgan fingerprint density at radius 2 is 0.275 bits per heavy atom. The molecule has 16 unspecified atom stereocenters. The molecule has 40 heavy (non-hydrogen) atoms. The molecule has 1 rings (SSSR count). The zero-order valence-corrected chi connectivity index (χ0v) is 31.2. The van der Waals surface area contributed by atoms with Gasteiger partial charge in [-0.1, -0.05) is 125 Å². The molecule has 0 aromatic rings. The Morgan fingerprint density at radius 3 is 0.400 bits per heavy atom. The lowest BCUT2D eigenvalue weighted by molar-refractivity contribution is 0.0913. The second kappa shape index (κ2) is 16.7. The molecule has 0 radical (unpaired) electrons. The molecule has 0 aromatic carbocycles. The SMILES string of the molecule is CC1CC(C)C(C)C(C)C(C)C(C)CC(C)C(C)C(C)C(C)CC(C)C(C)C(C)C(C)C(C)CC(C)C(C)C1C. The summed E-state index contributed by atoms with van der Waals surface area (Å²) < 4.78 is 0. The van der Waals surface area contributed by atoms with Gasteiger partial charge in [-0.3, -0.25) is 0 Å². The van der Waals surface area contributed by atoms with Gasteiger partial charge in [0.15, 0.2) is 0 Å². The van der Waals surface area contributed by atoms with Crippen molar-refractivity contribution >= 4 is 0 Å². The fraction of sp³-hybridized carbons (Fsp3) is 1.00. The Bertz CT molecular complexity index is 566. The van der Waals surface area contributed by atoms with Crippen LogP contribution in [-0.2, 0) is 0 Å². The van der Waals surface area contributed by atoms with E-state index in [0.717, 1.165) is 107 Å². The van der Waals surface area contributed by atoms with Crippen LogP contribution in [0.3, 0.4) is 0 Å². The first-order chi connectivity index (χ1) is 18.3. The second-order valence-electron chi connectivity index (χ2n) is 17.4. The Morgan fingerprint density at radius 1 is 0.175 bits per heavy atom. The summed E-state index contributed by atoms with van der Waals surface area (Å²) in [5.41, 5.74) is 0. The quantitative estimate of drug-likeness (QED) is 0.276. The van der Waals surface area contributed by atoms with Crippen LogP contribution in [0.2, 0.25) is 0 Å². The molecule has 0 heteroatoms. The van der Waals surface area contributed by atoms with Crippen molar-refractivity contribution in [3.8, 4) is 0 Å². The molecule has 0 bridgehead atoms.